The first-order valence-corrected chi connectivity index (χ1v) is 5.82. The summed E-state index contributed by atoms with van der Waals surface area (Å²) in [5, 5.41) is 8.69. The van der Waals surface area contributed by atoms with Crippen molar-refractivity contribution in [1.82, 2.24) is 4.98 Å². The Hall–Kier alpha value is -2.75. The Kier molecular flexibility index (Phi) is 3.72. The summed E-state index contributed by atoms with van der Waals surface area (Å²) in [6.45, 7) is 1.72. The molecule has 0 radical (unpaired) electrons. The molecule has 108 valence electrons. The lowest BCUT2D eigenvalue weighted by molar-refractivity contribution is -0.138. The number of nitrogens with zero attached hydrogens (tertiary/aromatic N) is 2. The number of ether oxygens (including phenoxy) is 1. The van der Waals surface area contributed by atoms with Crippen molar-refractivity contribution in [3.63, 3.8) is 0 Å². The van der Waals surface area contributed by atoms with Gasteiger partial charge in [-0.25, -0.2) is 4.98 Å². The van der Waals surface area contributed by atoms with Crippen molar-refractivity contribution in [2.45, 2.75) is 13.1 Å². The topological polar surface area (TPSA) is 71.9 Å². The fourth-order valence-electron chi connectivity index (χ4n) is 1.60. The van der Waals surface area contributed by atoms with Crippen LogP contribution in [-0.4, -0.2) is 4.98 Å². The Morgan fingerprint density at radius 1 is 1.29 bits per heavy atom. The largest absolute Gasteiger partial charge is 0.438 e. The smallest absolute Gasteiger partial charge is 0.420 e. The monoisotopic (exact) mass is 293 g/mol. The van der Waals surface area contributed by atoms with Gasteiger partial charge < -0.3 is 10.5 Å². The number of hydrogen-bond acceptors (Lipinski definition) is 4. The van der Waals surface area contributed by atoms with E-state index in [-0.39, 0.29) is 11.4 Å². The highest BCUT2D eigenvalue weighted by molar-refractivity contribution is 5.49. The summed E-state index contributed by atoms with van der Waals surface area (Å²) >= 11 is 0. The van der Waals surface area contributed by atoms with Crippen LogP contribution in [0.2, 0.25) is 0 Å². The molecule has 2 N–H and O–H groups in total. The molecule has 0 amide bonds. The number of halogens is 3. The fourth-order valence-corrected chi connectivity index (χ4v) is 1.60. The Morgan fingerprint density at radius 2 is 2.00 bits per heavy atom. The maximum atomic E-state index is 13.0. The predicted molar refractivity (Wildman–Crippen MR) is 69.6 cm³/mol. The quantitative estimate of drug-likeness (QED) is 0.917. The fraction of sp³-hybridized carbons (Fsp3) is 0.143. The third kappa shape index (κ3) is 3.23. The normalized spacial score (nSPS) is 11.0. The molecular formula is C14H10F3N3O. The lowest BCUT2D eigenvalue weighted by atomic mass is 10.1. The molecule has 0 aliphatic rings. The Bertz CT molecular complexity index is 720. The summed E-state index contributed by atoms with van der Waals surface area (Å²) in [6, 6.07) is 6.05. The van der Waals surface area contributed by atoms with E-state index in [1.807, 2.05) is 0 Å². The summed E-state index contributed by atoms with van der Waals surface area (Å²) in [6.07, 6.45) is -3.24. The molecule has 0 aliphatic heterocycles. The molecule has 1 aromatic heterocycles. The number of rotatable bonds is 2. The molecule has 0 atom stereocenters. The number of nitrogen functional groups attached to an aromatic ring is 1. The van der Waals surface area contributed by atoms with Gasteiger partial charge in [0.15, 0.2) is 0 Å². The Labute approximate surface area is 118 Å². The van der Waals surface area contributed by atoms with Gasteiger partial charge in [0.25, 0.3) is 0 Å². The zero-order valence-corrected chi connectivity index (χ0v) is 10.9. The first-order valence-electron chi connectivity index (χ1n) is 5.82. The standard InChI is InChI=1S/C14H10F3N3O/c1-8-7-20-13(5-11(8)19)21-12-3-2-9(6-18)4-10(12)14(15,16)17/h2-5,7H,1H3,(H2,19,20). The van der Waals surface area contributed by atoms with Gasteiger partial charge in [-0.1, -0.05) is 0 Å². The summed E-state index contributed by atoms with van der Waals surface area (Å²) in [5.41, 5.74) is 5.57. The molecular weight excluding hydrogens is 283 g/mol. The molecule has 21 heavy (non-hydrogen) atoms. The van der Waals surface area contributed by atoms with E-state index in [9.17, 15) is 13.2 Å². The number of hydrogen-bond donors (Lipinski definition) is 1. The molecule has 0 unspecified atom stereocenters. The van der Waals surface area contributed by atoms with Crippen molar-refractivity contribution < 1.29 is 17.9 Å². The van der Waals surface area contributed by atoms with Crippen LogP contribution in [-0.2, 0) is 6.18 Å². The predicted octanol–water partition coefficient (Wildman–Crippen LogP) is 3.66. The number of nitrogens with two attached hydrogens (primary N) is 1. The summed E-state index contributed by atoms with van der Waals surface area (Å²) in [4.78, 5) is 3.87. The van der Waals surface area contributed by atoms with Crippen LogP contribution in [0, 0.1) is 18.3 Å². The van der Waals surface area contributed by atoms with Gasteiger partial charge in [0, 0.05) is 18.0 Å². The van der Waals surface area contributed by atoms with Gasteiger partial charge in [-0.3, -0.25) is 0 Å². The molecule has 2 aromatic rings. The lowest BCUT2D eigenvalue weighted by Gasteiger charge is -2.13. The summed E-state index contributed by atoms with van der Waals surface area (Å²) in [7, 11) is 0. The highest BCUT2D eigenvalue weighted by Crippen LogP contribution is 2.38. The van der Waals surface area contributed by atoms with Crippen molar-refractivity contribution in [3.05, 3.63) is 47.2 Å². The van der Waals surface area contributed by atoms with E-state index in [0.29, 0.717) is 11.3 Å². The molecule has 7 heteroatoms. The molecule has 1 heterocycles. The number of nitriles is 1. The van der Waals surface area contributed by atoms with E-state index in [2.05, 4.69) is 4.98 Å². The SMILES string of the molecule is Cc1cnc(Oc2ccc(C#N)cc2C(F)(F)F)cc1N. The minimum Gasteiger partial charge on any atom is -0.438 e. The van der Waals surface area contributed by atoms with Gasteiger partial charge in [0.05, 0.1) is 17.2 Å². The van der Waals surface area contributed by atoms with E-state index >= 15 is 0 Å². The Balaban J connectivity index is 2.44. The van der Waals surface area contributed by atoms with Crippen molar-refractivity contribution in [2.75, 3.05) is 5.73 Å². The van der Waals surface area contributed by atoms with Crippen LogP contribution >= 0.6 is 0 Å². The van der Waals surface area contributed by atoms with Crippen LogP contribution in [0.3, 0.4) is 0 Å². The number of aromatic nitrogens is 1. The maximum absolute atomic E-state index is 13.0. The van der Waals surface area contributed by atoms with Crippen LogP contribution < -0.4 is 10.5 Å². The average molecular weight is 293 g/mol. The molecule has 1 aromatic carbocycles. The molecule has 2 rings (SSSR count). The van der Waals surface area contributed by atoms with Crippen LogP contribution in [0.15, 0.2) is 30.5 Å². The minimum atomic E-state index is -4.64. The van der Waals surface area contributed by atoms with Crippen molar-refractivity contribution in [3.8, 4) is 17.7 Å². The van der Waals surface area contributed by atoms with Crippen LogP contribution in [0.4, 0.5) is 18.9 Å². The number of benzene rings is 1. The van der Waals surface area contributed by atoms with Crippen molar-refractivity contribution in [2.24, 2.45) is 0 Å². The van der Waals surface area contributed by atoms with Gasteiger partial charge in [0.2, 0.25) is 5.88 Å². The molecule has 0 spiro atoms. The van der Waals surface area contributed by atoms with Gasteiger partial charge in [-0.05, 0) is 30.7 Å². The van der Waals surface area contributed by atoms with E-state index < -0.39 is 17.5 Å². The van der Waals surface area contributed by atoms with Gasteiger partial charge >= 0.3 is 6.18 Å². The van der Waals surface area contributed by atoms with E-state index in [1.54, 1.807) is 13.0 Å². The Morgan fingerprint density at radius 3 is 2.57 bits per heavy atom. The second-order valence-corrected chi connectivity index (χ2v) is 4.30. The first-order chi connectivity index (χ1) is 9.81. The zero-order chi connectivity index (χ0) is 15.6. The number of pyridine rings is 1. The summed E-state index contributed by atoms with van der Waals surface area (Å²) in [5.74, 6) is -0.481. The highest BCUT2D eigenvalue weighted by Gasteiger charge is 2.35. The minimum absolute atomic E-state index is 0.0479. The first kappa shape index (κ1) is 14.7. The zero-order valence-electron chi connectivity index (χ0n) is 10.9. The van der Waals surface area contributed by atoms with Crippen molar-refractivity contribution in [1.29, 1.82) is 5.26 Å². The maximum Gasteiger partial charge on any atom is 0.420 e. The molecule has 0 fully saturated rings. The number of alkyl halides is 3. The van der Waals surface area contributed by atoms with E-state index in [1.165, 1.54) is 18.3 Å². The van der Waals surface area contributed by atoms with Crippen LogP contribution in [0.5, 0.6) is 11.6 Å². The van der Waals surface area contributed by atoms with E-state index in [0.717, 1.165) is 12.1 Å². The third-order valence-electron chi connectivity index (χ3n) is 2.75. The van der Waals surface area contributed by atoms with Crippen LogP contribution in [0.25, 0.3) is 0 Å². The second kappa shape index (κ2) is 5.32. The number of aryl methyl sites for hydroxylation is 1. The van der Waals surface area contributed by atoms with Crippen LogP contribution in [0.1, 0.15) is 16.7 Å². The molecule has 0 bridgehead atoms. The molecule has 0 saturated heterocycles. The third-order valence-corrected chi connectivity index (χ3v) is 2.75. The average Bonchev–Trinajstić information content (AvgIpc) is 2.42. The summed E-state index contributed by atoms with van der Waals surface area (Å²) < 4.78 is 44.1. The molecule has 4 nitrogen and oxygen atoms in total. The lowest BCUT2D eigenvalue weighted by Crippen LogP contribution is -2.08. The second-order valence-electron chi connectivity index (χ2n) is 4.30. The van der Waals surface area contributed by atoms with Gasteiger partial charge in [0.1, 0.15) is 5.75 Å². The molecule has 0 aliphatic carbocycles. The number of anilines is 1. The molecule has 0 saturated carbocycles. The van der Waals surface area contributed by atoms with Gasteiger partial charge in [-0.2, -0.15) is 18.4 Å². The van der Waals surface area contributed by atoms with Crippen molar-refractivity contribution >= 4 is 5.69 Å². The highest BCUT2D eigenvalue weighted by atomic mass is 19.4. The van der Waals surface area contributed by atoms with E-state index in [4.69, 9.17) is 15.7 Å². The van der Waals surface area contributed by atoms with Gasteiger partial charge in [-0.15, -0.1) is 0 Å².